The van der Waals surface area contributed by atoms with Crippen LogP contribution >= 0.6 is 0 Å². The Labute approximate surface area is 112 Å². The van der Waals surface area contributed by atoms with Crippen molar-refractivity contribution in [3.63, 3.8) is 0 Å². The number of furan rings is 1. The minimum atomic E-state index is 0.463. The molecule has 4 atom stereocenters. The molecule has 2 aromatic rings. The van der Waals surface area contributed by atoms with E-state index in [1.54, 1.807) is 6.26 Å². The van der Waals surface area contributed by atoms with Gasteiger partial charge in [-0.3, -0.25) is 0 Å². The van der Waals surface area contributed by atoms with E-state index in [0.29, 0.717) is 6.04 Å². The SMILES string of the molecule is CC(C1CC2CCC1C2)n1cnnc1-c1ccco1. The van der Waals surface area contributed by atoms with Crippen molar-refractivity contribution in [2.24, 2.45) is 17.8 Å². The van der Waals surface area contributed by atoms with Crippen molar-refractivity contribution in [2.75, 3.05) is 0 Å². The van der Waals surface area contributed by atoms with E-state index < -0.39 is 0 Å². The van der Waals surface area contributed by atoms with Crippen LogP contribution in [-0.2, 0) is 0 Å². The summed E-state index contributed by atoms with van der Waals surface area (Å²) in [6, 6.07) is 4.32. The first-order valence-electron chi connectivity index (χ1n) is 7.26. The van der Waals surface area contributed by atoms with E-state index >= 15 is 0 Å². The summed E-state index contributed by atoms with van der Waals surface area (Å²) in [6.07, 6.45) is 9.22. The minimum absolute atomic E-state index is 0.463. The zero-order chi connectivity index (χ0) is 12.8. The summed E-state index contributed by atoms with van der Waals surface area (Å²) >= 11 is 0. The van der Waals surface area contributed by atoms with Gasteiger partial charge >= 0.3 is 0 Å². The fourth-order valence-electron chi connectivity index (χ4n) is 4.21. The molecule has 0 saturated heterocycles. The Kier molecular flexibility index (Phi) is 2.50. The van der Waals surface area contributed by atoms with Crippen molar-refractivity contribution in [3.05, 3.63) is 24.7 Å². The van der Waals surface area contributed by atoms with Gasteiger partial charge in [-0.05, 0) is 56.1 Å². The zero-order valence-corrected chi connectivity index (χ0v) is 11.2. The first-order chi connectivity index (χ1) is 9.33. The Hall–Kier alpha value is -1.58. The molecule has 2 fully saturated rings. The van der Waals surface area contributed by atoms with Gasteiger partial charge in [-0.15, -0.1) is 10.2 Å². The van der Waals surface area contributed by atoms with Crippen LogP contribution < -0.4 is 0 Å². The summed E-state index contributed by atoms with van der Waals surface area (Å²) in [4.78, 5) is 0. The molecule has 0 amide bonds. The minimum Gasteiger partial charge on any atom is -0.461 e. The van der Waals surface area contributed by atoms with Crippen molar-refractivity contribution >= 4 is 0 Å². The Balaban J connectivity index is 1.64. The average molecular weight is 257 g/mol. The number of nitrogens with zero attached hydrogens (tertiary/aromatic N) is 3. The molecular weight excluding hydrogens is 238 g/mol. The van der Waals surface area contributed by atoms with Gasteiger partial charge in [-0.2, -0.15) is 0 Å². The molecule has 0 N–H and O–H groups in total. The molecule has 0 radical (unpaired) electrons. The maximum Gasteiger partial charge on any atom is 0.199 e. The summed E-state index contributed by atoms with van der Waals surface area (Å²) in [5, 5.41) is 8.32. The van der Waals surface area contributed by atoms with Gasteiger partial charge in [0, 0.05) is 6.04 Å². The molecule has 2 aliphatic carbocycles. The standard InChI is InChI=1S/C15H19N3O/c1-10(13-8-11-4-5-12(13)7-11)18-9-16-17-15(18)14-3-2-6-19-14/h2-3,6,9-13H,4-5,7-8H2,1H3. The van der Waals surface area contributed by atoms with E-state index in [1.807, 2.05) is 18.5 Å². The Morgan fingerprint density at radius 2 is 2.32 bits per heavy atom. The molecule has 2 heterocycles. The normalized spacial score (nSPS) is 30.9. The van der Waals surface area contributed by atoms with Crippen molar-refractivity contribution in [1.82, 2.24) is 14.8 Å². The number of aromatic nitrogens is 3. The van der Waals surface area contributed by atoms with E-state index in [2.05, 4.69) is 21.7 Å². The van der Waals surface area contributed by atoms with Crippen molar-refractivity contribution in [3.8, 4) is 11.6 Å². The predicted molar refractivity (Wildman–Crippen MR) is 71.4 cm³/mol. The van der Waals surface area contributed by atoms with Gasteiger partial charge in [0.15, 0.2) is 11.6 Å². The highest BCUT2D eigenvalue weighted by atomic mass is 16.3. The third-order valence-corrected chi connectivity index (χ3v) is 5.17. The number of hydrogen-bond acceptors (Lipinski definition) is 3. The average Bonchev–Trinajstić information content (AvgIpc) is 3.17. The lowest BCUT2D eigenvalue weighted by Crippen LogP contribution is -2.22. The van der Waals surface area contributed by atoms with Gasteiger partial charge in [0.1, 0.15) is 6.33 Å². The molecule has 0 aromatic carbocycles. The van der Waals surface area contributed by atoms with Crippen LogP contribution in [0.5, 0.6) is 0 Å². The van der Waals surface area contributed by atoms with Crippen LogP contribution in [0.15, 0.2) is 29.1 Å². The summed E-state index contributed by atoms with van der Waals surface area (Å²) in [7, 11) is 0. The van der Waals surface area contributed by atoms with E-state index in [1.165, 1.54) is 25.7 Å². The first-order valence-corrected chi connectivity index (χ1v) is 7.26. The number of rotatable bonds is 3. The fraction of sp³-hybridized carbons (Fsp3) is 0.600. The van der Waals surface area contributed by atoms with E-state index in [9.17, 15) is 0 Å². The Morgan fingerprint density at radius 3 is 3.00 bits per heavy atom. The van der Waals surface area contributed by atoms with Crippen LogP contribution in [-0.4, -0.2) is 14.8 Å². The lowest BCUT2D eigenvalue weighted by Gasteiger charge is -2.29. The topological polar surface area (TPSA) is 43.9 Å². The predicted octanol–water partition coefficient (Wildman–Crippen LogP) is 3.54. The lowest BCUT2D eigenvalue weighted by molar-refractivity contribution is 0.243. The second-order valence-electron chi connectivity index (χ2n) is 6.12. The van der Waals surface area contributed by atoms with Gasteiger partial charge in [0.25, 0.3) is 0 Å². The highest BCUT2D eigenvalue weighted by Gasteiger charge is 2.42. The van der Waals surface area contributed by atoms with Crippen molar-refractivity contribution in [2.45, 2.75) is 38.6 Å². The van der Waals surface area contributed by atoms with Gasteiger partial charge in [0.2, 0.25) is 0 Å². The van der Waals surface area contributed by atoms with Gasteiger partial charge in [-0.1, -0.05) is 6.42 Å². The zero-order valence-electron chi connectivity index (χ0n) is 11.2. The van der Waals surface area contributed by atoms with Crippen LogP contribution in [0.25, 0.3) is 11.6 Å². The fourth-order valence-corrected chi connectivity index (χ4v) is 4.21. The molecule has 0 aliphatic heterocycles. The molecule has 4 unspecified atom stereocenters. The van der Waals surface area contributed by atoms with Crippen LogP contribution in [0.1, 0.15) is 38.6 Å². The van der Waals surface area contributed by atoms with E-state index in [0.717, 1.165) is 29.3 Å². The maximum atomic E-state index is 5.47. The molecule has 2 bridgehead atoms. The number of hydrogen-bond donors (Lipinski definition) is 0. The Morgan fingerprint density at radius 1 is 1.37 bits per heavy atom. The molecule has 19 heavy (non-hydrogen) atoms. The first kappa shape index (κ1) is 11.3. The third kappa shape index (κ3) is 1.73. The molecule has 2 aliphatic rings. The molecule has 100 valence electrons. The number of fused-ring (bicyclic) bond motifs is 2. The van der Waals surface area contributed by atoms with Gasteiger partial charge in [-0.25, -0.2) is 0 Å². The van der Waals surface area contributed by atoms with Crippen molar-refractivity contribution < 1.29 is 4.42 Å². The van der Waals surface area contributed by atoms with Gasteiger partial charge in [0.05, 0.1) is 6.26 Å². The second kappa shape index (κ2) is 4.22. The molecule has 4 rings (SSSR count). The monoisotopic (exact) mass is 257 g/mol. The van der Waals surface area contributed by atoms with Crippen LogP contribution in [0.4, 0.5) is 0 Å². The maximum absolute atomic E-state index is 5.47. The summed E-state index contributed by atoms with van der Waals surface area (Å²) < 4.78 is 7.67. The summed E-state index contributed by atoms with van der Waals surface area (Å²) in [5.41, 5.74) is 0. The summed E-state index contributed by atoms with van der Waals surface area (Å²) in [6.45, 7) is 2.31. The van der Waals surface area contributed by atoms with Crippen LogP contribution in [0.3, 0.4) is 0 Å². The van der Waals surface area contributed by atoms with Gasteiger partial charge < -0.3 is 8.98 Å². The third-order valence-electron chi connectivity index (χ3n) is 5.17. The molecule has 2 aromatic heterocycles. The molecule has 4 nitrogen and oxygen atoms in total. The van der Waals surface area contributed by atoms with E-state index in [-0.39, 0.29) is 0 Å². The molecule has 0 spiro atoms. The van der Waals surface area contributed by atoms with Crippen LogP contribution in [0, 0.1) is 17.8 Å². The molecule has 4 heteroatoms. The van der Waals surface area contributed by atoms with E-state index in [4.69, 9.17) is 4.42 Å². The highest BCUT2D eigenvalue weighted by molar-refractivity contribution is 5.46. The Bertz CT molecular complexity index is 560. The largest absolute Gasteiger partial charge is 0.461 e. The second-order valence-corrected chi connectivity index (χ2v) is 6.12. The highest BCUT2D eigenvalue weighted by Crippen LogP contribution is 2.52. The van der Waals surface area contributed by atoms with Crippen LogP contribution in [0.2, 0.25) is 0 Å². The van der Waals surface area contributed by atoms with Crippen molar-refractivity contribution in [1.29, 1.82) is 0 Å². The smallest absolute Gasteiger partial charge is 0.199 e. The summed E-state index contributed by atoms with van der Waals surface area (Å²) in [5.74, 6) is 4.34. The quantitative estimate of drug-likeness (QED) is 0.844. The molecule has 2 saturated carbocycles. The molecular formula is C15H19N3O. The lowest BCUT2D eigenvalue weighted by atomic mass is 9.84.